The first-order valence-electron chi connectivity index (χ1n) is 5.41. The molecule has 2 aliphatic rings. The van der Waals surface area contributed by atoms with Crippen LogP contribution in [0.2, 0.25) is 0 Å². The molecule has 2 unspecified atom stereocenters. The van der Waals surface area contributed by atoms with Crippen molar-refractivity contribution in [3.05, 3.63) is 0 Å². The second kappa shape index (κ2) is 3.75. The van der Waals surface area contributed by atoms with Crippen molar-refractivity contribution in [2.24, 2.45) is 0 Å². The van der Waals surface area contributed by atoms with Crippen LogP contribution in [0.1, 0.15) is 39.0 Å². The smallest absolute Gasteiger partial charge is 0.0600 e. The summed E-state index contributed by atoms with van der Waals surface area (Å²) in [6.07, 6.45) is 7.62. The summed E-state index contributed by atoms with van der Waals surface area (Å²) in [6, 6.07) is 0.896. The van der Waals surface area contributed by atoms with Gasteiger partial charge in [0.2, 0.25) is 0 Å². The second-order valence-electron chi connectivity index (χ2n) is 4.08. The minimum atomic E-state index is 0.732. The highest BCUT2D eigenvalue weighted by molar-refractivity contribution is 4.88. The summed E-state index contributed by atoms with van der Waals surface area (Å²) in [6.45, 7) is 4.87. The summed E-state index contributed by atoms with van der Waals surface area (Å²) in [5.74, 6) is 0. The Morgan fingerprint density at radius 3 is 3.17 bits per heavy atom. The average molecular weight is 168 g/mol. The van der Waals surface area contributed by atoms with Crippen molar-refractivity contribution in [1.29, 1.82) is 0 Å². The Kier molecular flexibility index (Phi) is 2.66. The fourth-order valence-electron chi connectivity index (χ4n) is 2.67. The van der Waals surface area contributed by atoms with Gasteiger partial charge in [0.15, 0.2) is 0 Å². The first-order chi connectivity index (χ1) is 5.92. The molecule has 2 saturated heterocycles. The Balaban J connectivity index is 1.92. The number of nitrogens with zero attached hydrogens (tertiary/aromatic N) is 1. The molecule has 0 saturated carbocycles. The molecule has 0 aromatic carbocycles. The molecule has 0 bridgehead atoms. The Labute approximate surface area is 75.3 Å². The van der Waals surface area contributed by atoms with Crippen LogP contribution in [-0.2, 0) is 0 Å². The first-order valence-corrected chi connectivity index (χ1v) is 5.41. The fourth-order valence-corrected chi connectivity index (χ4v) is 2.67. The molecule has 2 heterocycles. The third-order valence-corrected chi connectivity index (χ3v) is 3.24. The second-order valence-corrected chi connectivity index (χ2v) is 4.08. The highest BCUT2D eigenvalue weighted by Gasteiger charge is 2.33. The van der Waals surface area contributed by atoms with Gasteiger partial charge in [-0.25, -0.2) is 0 Å². The number of rotatable bonds is 2. The Morgan fingerprint density at radius 2 is 2.33 bits per heavy atom. The number of hydrogen-bond donors (Lipinski definition) is 1. The van der Waals surface area contributed by atoms with E-state index in [0.717, 1.165) is 12.2 Å². The van der Waals surface area contributed by atoms with Crippen LogP contribution in [0.25, 0.3) is 0 Å². The zero-order valence-corrected chi connectivity index (χ0v) is 8.05. The van der Waals surface area contributed by atoms with Crippen molar-refractivity contribution in [2.75, 3.05) is 13.1 Å². The topological polar surface area (TPSA) is 15.3 Å². The van der Waals surface area contributed by atoms with E-state index in [9.17, 15) is 0 Å². The van der Waals surface area contributed by atoms with Gasteiger partial charge in [-0.1, -0.05) is 13.3 Å². The molecule has 0 spiro atoms. The minimum absolute atomic E-state index is 0.732. The van der Waals surface area contributed by atoms with Crippen molar-refractivity contribution >= 4 is 0 Å². The van der Waals surface area contributed by atoms with E-state index in [1.807, 2.05) is 0 Å². The zero-order valence-electron chi connectivity index (χ0n) is 8.05. The molecule has 0 aromatic heterocycles. The molecule has 0 amide bonds. The molecule has 2 fully saturated rings. The molecule has 2 rings (SSSR count). The fraction of sp³-hybridized carbons (Fsp3) is 1.00. The quantitative estimate of drug-likeness (QED) is 0.673. The van der Waals surface area contributed by atoms with Crippen molar-refractivity contribution in [3.8, 4) is 0 Å². The van der Waals surface area contributed by atoms with Crippen LogP contribution in [0.5, 0.6) is 0 Å². The van der Waals surface area contributed by atoms with Crippen molar-refractivity contribution < 1.29 is 0 Å². The number of fused-ring (bicyclic) bond motifs is 1. The molecule has 0 radical (unpaired) electrons. The number of nitrogens with one attached hydrogen (secondary N) is 1. The molecular weight excluding hydrogens is 148 g/mol. The Hall–Kier alpha value is -0.0800. The lowest BCUT2D eigenvalue weighted by Gasteiger charge is -2.34. The maximum atomic E-state index is 3.60. The van der Waals surface area contributed by atoms with Crippen LogP contribution in [-0.4, -0.2) is 30.2 Å². The standard InChI is InChI=1S/C10H20N2/c1-2-4-9-5-6-10-11-7-3-8-12(9)10/h9-11H,2-8H2,1H3. The third-order valence-electron chi connectivity index (χ3n) is 3.24. The summed E-state index contributed by atoms with van der Waals surface area (Å²) in [5.41, 5.74) is 0. The molecular formula is C10H20N2. The van der Waals surface area contributed by atoms with Gasteiger partial charge in [-0.2, -0.15) is 0 Å². The van der Waals surface area contributed by atoms with Gasteiger partial charge in [-0.15, -0.1) is 0 Å². The average Bonchev–Trinajstić information content (AvgIpc) is 2.50. The van der Waals surface area contributed by atoms with E-state index in [4.69, 9.17) is 0 Å². The first kappa shape index (κ1) is 8.52. The predicted octanol–water partition coefficient (Wildman–Crippen LogP) is 1.57. The molecule has 2 heteroatoms. The van der Waals surface area contributed by atoms with E-state index in [0.29, 0.717) is 0 Å². The normalized spacial score (nSPS) is 36.8. The molecule has 70 valence electrons. The van der Waals surface area contributed by atoms with E-state index in [1.165, 1.54) is 45.2 Å². The summed E-state index contributed by atoms with van der Waals surface area (Å²) in [5, 5.41) is 3.60. The van der Waals surface area contributed by atoms with E-state index < -0.39 is 0 Å². The molecule has 0 aromatic rings. The van der Waals surface area contributed by atoms with Gasteiger partial charge in [0.05, 0.1) is 6.17 Å². The minimum Gasteiger partial charge on any atom is -0.302 e. The third kappa shape index (κ3) is 1.50. The Bertz CT molecular complexity index is 147. The maximum Gasteiger partial charge on any atom is 0.0600 e. The van der Waals surface area contributed by atoms with Crippen LogP contribution in [0, 0.1) is 0 Å². The Morgan fingerprint density at radius 1 is 1.42 bits per heavy atom. The zero-order chi connectivity index (χ0) is 8.39. The highest BCUT2D eigenvalue weighted by Crippen LogP contribution is 2.27. The van der Waals surface area contributed by atoms with Gasteiger partial charge >= 0.3 is 0 Å². The van der Waals surface area contributed by atoms with Crippen LogP contribution < -0.4 is 5.32 Å². The van der Waals surface area contributed by atoms with Gasteiger partial charge in [0, 0.05) is 12.6 Å². The summed E-state index contributed by atoms with van der Waals surface area (Å²) >= 11 is 0. The largest absolute Gasteiger partial charge is 0.302 e. The van der Waals surface area contributed by atoms with Crippen LogP contribution in [0.4, 0.5) is 0 Å². The van der Waals surface area contributed by atoms with E-state index in [2.05, 4.69) is 17.1 Å². The highest BCUT2D eigenvalue weighted by atomic mass is 15.3. The monoisotopic (exact) mass is 168 g/mol. The molecule has 12 heavy (non-hydrogen) atoms. The predicted molar refractivity (Wildman–Crippen MR) is 51.0 cm³/mol. The van der Waals surface area contributed by atoms with Crippen molar-refractivity contribution in [1.82, 2.24) is 10.2 Å². The van der Waals surface area contributed by atoms with E-state index in [1.54, 1.807) is 0 Å². The lowest BCUT2D eigenvalue weighted by Crippen LogP contribution is -2.50. The van der Waals surface area contributed by atoms with Gasteiger partial charge in [0.25, 0.3) is 0 Å². The molecule has 2 aliphatic heterocycles. The maximum absolute atomic E-state index is 3.60. The lowest BCUT2D eigenvalue weighted by atomic mass is 10.1. The van der Waals surface area contributed by atoms with Crippen molar-refractivity contribution in [3.63, 3.8) is 0 Å². The van der Waals surface area contributed by atoms with Crippen LogP contribution in [0.3, 0.4) is 0 Å². The summed E-state index contributed by atoms with van der Waals surface area (Å²) in [4.78, 5) is 2.69. The molecule has 0 aliphatic carbocycles. The van der Waals surface area contributed by atoms with Crippen molar-refractivity contribution in [2.45, 2.75) is 51.2 Å². The molecule has 2 atom stereocenters. The lowest BCUT2D eigenvalue weighted by molar-refractivity contribution is 0.129. The van der Waals surface area contributed by atoms with Gasteiger partial charge in [-0.05, 0) is 32.2 Å². The SMILES string of the molecule is CCCC1CCC2NCCCN12. The summed E-state index contributed by atoms with van der Waals surface area (Å²) < 4.78 is 0. The van der Waals surface area contributed by atoms with Crippen LogP contribution in [0.15, 0.2) is 0 Å². The van der Waals surface area contributed by atoms with Crippen LogP contribution >= 0.6 is 0 Å². The van der Waals surface area contributed by atoms with E-state index in [-0.39, 0.29) is 0 Å². The molecule has 1 N–H and O–H groups in total. The van der Waals surface area contributed by atoms with Gasteiger partial charge in [0.1, 0.15) is 0 Å². The summed E-state index contributed by atoms with van der Waals surface area (Å²) in [7, 11) is 0. The van der Waals surface area contributed by atoms with Gasteiger partial charge < -0.3 is 5.32 Å². The number of hydrogen-bond acceptors (Lipinski definition) is 2. The molecule has 2 nitrogen and oxygen atoms in total. The van der Waals surface area contributed by atoms with Gasteiger partial charge in [-0.3, -0.25) is 4.90 Å². The van der Waals surface area contributed by atoms with E-state index >= 15 is 0 Å².